The van der Waals surface area contributed by atoms with Crippen LogP contribution in [-0.2, 0) is 0 Å². The van der Waals surface area contributed by atoms with Crippen LogP contribution in [0.3, 0.4) is 0 Å². The minimum absolute atomic E-state index is 0.592. The predicted octanol–water partition coefficient (Wildman–Crippen LogP) is 11.6. The summed E-state index contributed by atoms with van der Waals surface area (Å²) >= 11 is 0. The lowest BCUT2D eigenvalue weighted by Crippen LogP contribution is -2.03. The van der Waals surface area contributed by atoms with Crippen molar-refractivity contribution in [3.8, 4) is 62.5 Å². The van der Waals surface area contributed by atoms with E-state index in [2.05, 4.69) is 71.3 Å². The molecule has 6 heteroatoms. The molecule has 0 radical (unpaired) electrons. The maximum Gasteiger partial charge on any atom is 0.164 e. The second-order valence-corrected chi connectivity index (χ2v) is 12.8. The Morgan fingerprint density at radius 2 is 1.10 bits per heavy atom. The van der Waals surface area contributed by atoms with Crippen LogP contribution in [0.15, 0.2) is 162 Å². The molecular weight excluding hydrogens is 629 g/mol. The zero-order valence-electron chi connectivity index (χ0n) is 27.1. The van der Waals surface area contributed by atoms with Crippen LogP contribution in [0.2, 0.25) is 0 Å². The van der Waals surface area contributed by atoms with Crippen LogP contribution in [-0.4, -0.2) is 19.5 Å². The Labute approximate surface area is 291 Å². The van der Waals surface area contributed by atoms with E-state index in [1.54, 1.807) is 0 Å². The third-order valence-corrected chi connectivity index (χ3v) is 9.84. The lowest BCUT2D eigenvalue weighted by molar-refractivity contribution is 0.476. The summed E-state index contributed by atoms with van der Waals surface area (Å²) < 4.78 is 15.2. The van der Waals surface area contributed by atoms with E-state index in [-0.39, 0.29) is 0 Å². The molecular formula is C45H26N4O2. The smallest absolute Gasteiger partial charge is 0.164 e. The van der Waals surface area contributed by atoms with E-state index in [9.17, 15) is 0 Å². The van der Waals surface area contributed by atoms with Gasteiger partial charge >= 0.3 is 0 Å². The molecule has 0 saturated heterocycles. The van der Waals surface area contributed by atoms with E-state index in [1.807, 2.05) is 91.0 Å². The molecule has 0 spiro atoms. The molecule has 0 saturated carbocycles. The summed E-state index contributed by atoms with van der Waals surface area (Å²) in [6, 6.07) is 53.8. The fourth-order valence-corrected chi connectivity index (χ4v) is 7.53. The Hall–Kier alpha value is -7.05. The molecule has 0 unspecified atom stereocenters. The van der Waals surface area contributed by atoms with Crippen LogP contribution in [0.25, 0.3) is 94.7 Å². The summed E-state index contributed by atoms with van der Waals surface area (Å²) in [5, 5.41) is 4.45. The molecule has 0 fully saturated rings. The number of aromatic nitrogens is 4. The minimum atomic E-state index is 0.592. The zero-order valence-corrected chi connectivity index (χ0v) is 27.1. The Morgan fingerprint density at radius 1 is 0.431 bits per heavy atom. The van der Waals surface area contributed by atoms with Crippen molar-refractivity contribution >= 4 is 43.7 Å². The van der Waals surface area contributed by atoms with Crippen LogP contribution in [0.4, 0.5) is 0 Å². The zero-order chi connectivity index (χ0) is 33.5. The third kappa shape index (κ3) is 4.26. The molecule has 0 aliphatic carbocycles. The number of nitrogens with zero attached hydrogens (tertiary/aromatic N) is 4. The van der Waals surface area contributed by atoms with E-state index < -0.39 is 0 Å². The highest BCUT2D eigenvalue weighted by Crippen LogP contribution is 2.46. The van der Waals surface area contributed by atoms with Gasteiger partial charge in [-0.25, -0.2) is 15.0 Å². The van der Waals surface area contributed by atoms with Gasteiger partial charge in [0.1, 0.15) is 11.2 Å². The molecule has 0 N–H and O–H groups in total. The van der Waals surface area contributed by atoms with Crippen LogP contribution >= 0.6 is 0 Å². The van der Waals surface area contributed by atoms with Gasteiger partial charge in [0.2, 0.25) is 0 Å². The van der Waals surface area contributed by atoms with Gasteiger partial charge < -0.3 is 13.7 Å². The largest absolute Gasteiger partial charge is 0.456 e. The predicted molar refractivity (Wildman–Crippen MR) is 203 cm³/mol. The van der Waals surface area contributed by atoms with Gasteiger partial charge in [-0.15, -0.1) is 0 Å². The Balaban J connectivity index is 1.07. The number of para-hydroxylation sites is 3. The highest BCUT2D eigenvalue weighted by Gasteiger charge is 2.24. The SMILES string of the molecule is c1ccc(-c2nc(-c3ccccc3)nc(-c3ccc4c(c3)oc3cccc(-c5ccc6c(c5)c5cccc7c5n6-c5ccccc5O7)c34)n2)cc1. The third-order valence-electron chi connectivity index (χ3n) is 9.84. The number of fused-ring (bicyclic) bond motifs is 8. The van der Waals surface area contributed by atoms with Crippen LogP contribution in [0.5, 0.6) is 11.5 Å². The van der Waals surface area contributed by atoms with Gasteiger partial charge in [-0.1, -0.05) is 109 Å². The van der Waals surface area contributed by atoms with Gasteiger partial charge in [-0.05, 0) is 59.7 Å². The monoisotopic (exact) mass is 654 g/mol. The van der Waals surface area contributed by atoms with Gasteiger partial charge in [0.05, 0.1) is 16.7 Å². The molecule has 0 atom stereocenters. The van der Waals surface area contributed by atoms with E-state index in [4.69, 9.17) is 24.1 Å². The second-order valence-electron chi connectivity index (χ2n) is 12.8. The van der Waals surface area contributed by atoms with Crippen molar-refractivity contribution in [2.24, 2.45) is 0 Å². The first-order chi connectivity index (χ1) is 25.3. The molecule has 0 bridgehead atoms. The fourth-order valence-electron chi connectivity index (χ4n) is 7.53. The van der Waals surface area contributed by atoms with Crippen molar-refractivity contribution in [2.45, 2.75) is 0 Å². The lowest BCUT2D eigenvalue weighted by atomic mass is 9.97. The normalized spacial score (nSPS) is 12.1. The van der Waals surface area contributed by atoms with Gasteiger partial charge in [0.15, 0.2) is 29.0 Å². The average Bonchev–Trinajstić information content (AvgIpc) is 3.75. The second kappa shape index (κ2) is 10.7. The summed E-state index contributed by atoms with van der Waals surface area (Å²) in [6.45, 7) is 0. The number of rotatable bonds is 4. The molecule has 4 heterocycles. The van der Waals surface area contributed by atoms with Crippen molar-refractivity contribution in [3.63, 3.8) is 0 Å². The van der Waals surface area contributed by atoms with E-state index >= 15 is 0 Å². The van der Waals surface area contributed by atoms with Crippen molar-refractivity contribution in [1.82, 2.24) is 19.5 Å². The molecule has 0 amide bonds. The summed E-state index contributed by atoms with van der Waals surface area (Å²) in [6.07, 6.45) is 0. The number of benzene rings is 7. The fraction of sp³-hybridized carbons (Fsp3) is 0. The summed E-state index contributed by atoms with van der Waals surface area (Å²) in [4.78, 5) is 14.7. The molecule has 1 aliphatic rings. The van der Waals surface area contributed by atoms with E-state index in [1.165, 1.54) is 5.39 Å². The Kier molecular flexibility index (Phi) is 5.86. The number of hydrogen-bond donors (Lipinski definition) is 0. The maximum absolute atomic E-state index is 6.56. The van der Waals surface area contributed by atoms with E-state index in [0.29, 0.717) is 17.5 Å². The molecule has 1 aliphatic heterocycles. The van der Waals surface area contributed by atoms with Crippen LogP contribution in [0, 0.1) is 0 Å². The summed E-state index contributed by atoms with van der Waals surface area (Å²) in [5.74, 6) is 3.57. The molecule has 238 valence electrons. The topological polar surface area (TPSA) is 66.0 Å². The van der Waals surface area contributed by atoms with Gasteiger partial charge in [0, 0.05) is 38.2 Å². The highest BCUT2D eigenvalue weighted by molar-refractivity contribution is 6.16. The first-order valence-electron chi connectivity index (χ1n) is 16.9. The highest BCUT2D eigenvalue weighted by atomic mass is 16.5. The maximum atomic E-state index is 6.56. The first-order valence-corrected chi connectivity index (χ1v) is 16.9. The van der Waals surface area contributed by atoms with Crippen LogP contribution < -0.4 is 4.74 Å². The van der Waals surface area contributed by atoms with Crippen LogP contribution in [0.1, 0.15) is 0 Å². The van der Waals surface area contributed by atoms with Crippen molar-refractivity contribution in [1.29, 1.82) is 0 Å². The first kappa shape index (κ1) is 27.9. The molecule has 10 aromatic rings. The van der Waals surface area contributed by atoms with Crippen molar-refractivity contribution < 1.29 is 9.15 Å². The van der Waals surface area contributed by atoms with Gasteiger partial charge in [0.25, 0.3) is 0 Å². The summed E-state index contributed by atoms with van der Waals surface area (Å²) in [5.41, 5.74) is 9.85. The van der Waals surface area contributed by atoms with Crippen molar-refractivity contribution in [2.75, 3.05) is 0 Å². The Bertz CT molecular complexity index is 2940. The van der Waals surface area contributed by atoms with E-state index in [0.717, 1.165) is 83.4 Å². The van der Waals surface area contributed by atoms with Gasteiger partial charge in [-0.2, -0.15) is 0 Å². The number of hydrogen-bond acceptors (Lipinski definition) is 5. The molecule has 6 nitrogen and oxygen atoms in total. The Morgan fingerprint density at radius 3 is 1.88 bits per heavy atom. The molecule has 11 rings (SSSR count). The minimum Gasteiger partial charge on any atom is -0.456 e. The number of ether oxygens (including phenoxy) is 1. The average molecular weight is 655 g/mol. The molecule has 3 aromatic heterocycles. The summed E-state index contributed by atoms with van der Waals surface area (Å²) in [7, 11) is 0. The quantitative estimate of drug-likeness (QED) is 0.189. The van der Waals surface area contributed by atoms with Crippen molar-refractivity contribution in [3.05, 3.63) is 158 Å². The number of furan rings is 1. The lowest BCUT2D eigenvalue weighted by Gasteiger charge is -2.20. The van der Waals surface area contributed by atoms with Gasteiger partial charge in [-0.3, -0.25) is 0 Å². The standard InChI is InChI=1S/C45H26N4O2/c1-3-11-27(12-4-1)43-46-44(28-13-5-2-6-14-28)48-45(47-43)30-21-23-33-40(26-30)51-38-19-9-15-31(41(33)38)29-22-24-35-34(25-29)32-16-10-20-39-42(32)49(35)36-17-7-8-18-37(36)50-39/h1-26H. The molecule has 7 aromatic carbocycles. The molecule has 51 heavy (non-hydrogen) atoms.